The Morgan fingerprint density at radius 3 is 2.71 bits per heavy atom. The fraction of sp³-hybridized carbons (Fsp3) is 0.545. The van der Waals surface area contributed by atoms with E-state index in [2.05, 4.69) is 16.6 Å². The number of hydrogen-bond donors (Lipinski definition) is 1. The summed E-state index contributed by atoms with van der Waals surface area (Å²) in [6, 6.07) is 10.4. The van der Waals surface area contributed by atoms with Crippen LogP contribution in [0.4, 0.5) is 4.79 Å². The highest BCUT2D eigenvalue weighted by molar-refractivity contribution is 5.75. The molecular formula is C22H28N4O2. The van der Waals surface area contributed by atoms with Crippen LogP contribution in [0, 0.1) is 0 Å². The molecular weight excluding hydrogens is 352 g/mol. The summed E-state index contributed by atoms with van der Waals surface area (Å²) in [5.74, 6) is 0.369. The number of urea groups is 1. The van der Waals surface area contributed by atoms with Crippen LogP contribution in [0.2, 0.25) is 0 Å². The zero-order chi connectivity index (χ0) is 18.9. The molecule has 6 heteroatoms. The molecule has 1 aromatic heterocycles. The highest BCUT2D eigenvalue weighted by atomic mass is 16.5. The number of ether oxygens (including phenoxy) is 1. The van der Waals surface area contributed by atoms with Crippen molar-refractivity contribution in [3.05, 3.63) is 48.3 Å². The first-order valence-electron chi connectivity index (χ1n) is 10.6. The van der Waals surface area contributed by atoms with E-state index < -0.39 is 0 Å². The summed E-state index contributed by atoms with van der Waals surface area (Å²) in [5, 5.41) is 7.70. The predicted molar refractivity (Wildman–Crippen MR) is 107 cm³/mol. The third-order valence-electron chi connectivity index (χ3n) is 6.25. The van der Waals surface area contributed by atoms with E-state index in [0.29, 0.717) is 12.0 Å². The summed E-state index contributed by atoms with van der Waals surface area (Å²) < 4.78 is 8.03. The van der Waals surface area contributed by atoms with Crippen LogP contribution in [0.15, 0.2) is 42.7 Å². The van der Waals surface area contributed by atoms with Crippen LogP contribution < -0.4 is 5.32 Å². The van der Waals surface area contributed by atoms with Gasteiger partial charge in [-0.25, -0.2) is 9.48 Å². The van der Waals surface area contributed by atoms with Crippen LogP contribution in [0.25, 0.3) is 5.69 Å². The van der Waals surface area contributed by atoms with E-state index in [1.54, 1.807) is 0 Å². The summed E-state index contributed by atoms with van der Waals surface area (Å²) in [7, 11) is 0. The molecule has 0 bridgehead atoms. The molecule has 148 valence electrons. The summed E-state index contributed by atoms with van der Waals surface area (Å²) in [5.41, 5.74) is 2.25. The second-order valence-electron chi connectivity index (χ2n) is 8.35. The molecule has 6 nitrogen and oxygen atoms in total. The van der Waals surface area contributed by atoms with Crippen molar-refractivity contribution in [1.29, 1.82) is 0 Å². The molecule has 2 amide bonds. The Balaban J connectivity index is 1.13. The molecule has 2 heterocycles. The Morgan fingerprint density at radius 2 is 1.93 bits per heavy atom. The first-order valence-corrected chi connectivity index (χ1v) is 10.6. The van der Waals surface area contributed by atoms with Gasteiger partial charge in [0.25, 0.3) is 0 Å². The van der Waals surface area contributed by atoms with Gasteiger partial charge in [-0.1, -0.05) is 18.2 Å². The maximum Gasteiger partial charge on any atom is 0.317 e. The Hall–Kier alpha value is -2.34. The first kappa shape index (κ1) is 17.7. The van der Waals surface area contributed by atoms with Gasteiger partial charge in [-0.2, -0.15) is 5.10 Å². The van der Waals surface area contributed by atoms with E-state index >= 15 is 0 Å². The van der Waals surface area contributed by atoms with Crippen molar-refractivity contribution in [2.45, 2.75) is 62.7 Å². The molecule has 2 aromatic rings. The Kier molecular flexibility index (Phi) is 4.81. The van der Waals surface area contributed by atoms with Gasteiger partial charge in [0.15, 0.2) is 0 Å². The van der Waals surface area contributed by atoms with E-state index in [-0.39, 0.29) is 18.2 Å². The van der Waals surface area contributed by atoms with Gasteiger partial charge >= 0.3 is 6.03 Å². The van der Waals surface area contributed by atoms with E-state index in [1.165, 1.54) is 24.8 Å². The third kappa shape index (κ3) is 3.78. The lowest BCUT2D eigenvalue weighted by atomic mass is 9.95. The lowest BCUT2D eigenvalue weighted by Gasteiger charge is -2.37. The maximum atomic E-state index is 12.7. The number of rotatable bonds is 5. The number of nitrogens with one attached hydrogen (secondary N) is 1. The molecule has 2 aliphatic carbocycles. The van der Waals surface area contributed by atoms with Gasteiger partial charge in [0.2, 0.25) is 0 Å². The molecule has 1 saturated heterocycles. The molecule has 1 aliphatic heterocycles. The topological polar surface area (TPSA) is 59.4 Å². The van der Waals surface area contributed by atoms with Gasteiger partial charge in [0.05, 0.1) is 24.1 Å². The van der Waals surface area contributed by atoms with Crippen molar-refractivity contribution >= 4 is 6.03 Å². The van der Waals surface area contributed by atoms with E-state index in [0.717, 1.165) is 38.0 Å². The molecule has 0 radical (unpaired) electrons. The number of amides is 2. The second kappa shape index (κ2) is 7.59. The van der Waals surface area contributed by atoms with Gasteiger partial charge in [-0.15, -0.1) is 0 Å². The van der Waals surface area contributed by atoms with Crippen molar-refractivity contribution in [3.8, 4) is 5.69 Å². The second-order valence-corrected chi connectivity index (χ2v) is 8.35. The molecule has 0 spiro atoms. The van der Waals surface area contributed by atoms with Crippen molar-refractivity contribution in [2.24, 2.45) is 0 Å². The summed E-state index contributed by atoms with van der Waals surface area (Å²) in [4.78, 5) is 14.6. The lowest BCUT2D eigenvalue weighted by molar-refractivity contribution is -0.0720. The number of likely N-dealkylation sites (tertiary alicyclic amines) is 1. The SMILES string of the molecule is O=C(N[C@@H]1C[C@H]1c1cnn(-c2ccccc2)c1)N1CCCC(OC2CCC2)C1. The number of carbonyl (C=O) groups excluding carboxylic acids is 1. The minimum atomic E-state index is 0.0601. The number of aromatic nitrogens is 2. The van der Waals surface area contributed by atoms with Crippen molar-refractivity contribution < 1.29 is 9.53 Å². The summed E-state index contributed by atoms with van der Waals surface area (Å²) >= 11 is 0. The Bertz CT molecular complexity index is 817. The summed E-state index contributed by atoms with van der Waals surface area (Å²) in [6.45, 7) is 1.56. The smallest absolute Gasteiger partial charge is 0.317 e. The van der Waals surface area contributed by atoms with Crippen molar-refractivity contribution in [2.75, 3.05) is 13.1 Å². The standard InChI is InChI=1S/C22H28N4O2/c27-22(25-11-5-10-19(15-25)28-18-8-4-9-18)24-21-12-20(21)16-13-23-26(14-16)17-6-2-1-3-7-17/h1-3,6-7,13-14,18-21H,4-5,8-12,15H2,(H,24,27)/t19?,20-,21+/m0/s1. The van der Waals surface area contributed by atoms with Gasteiger partial charge in [-0.05, 0) is 56.2 Å². The molecule has 3 aliphatic rings. The minimum Gasteiger partial charge on any atom is -0.373 e. The number of nitrogens with zero attached hydrogens (tertiary/aromatic N) is 3. The highest BCUT2D eigenvalue weighted by Gasteiger charge is 2.41. The maximum absolute atomic E-state index is 12.7. The van der Waals surface area contributed by atoms with Crippen LogP contribution in [0.5, 0.6) is 0 Å². The van der Waals surface area contributed by atoms with E-state index in [4.69, 9.17) is 4.74 Å². The van der Waals surface area contributed by atoms with E-state index in [1.807, 2.05) is 46.1 Å². The van der Waals surface area contributed by atoms with Crippen LogP contribution in [0.3, 0.4) is 0 Å². The molecule has 2 saturated carbocycles. The Morgan fingerprint density at radius 1 is 1.11 bits per heavy atom. The molecule has 3 fully saturated rings. The van der Waals surface area contributed by atoms with Gasteiger partial charge in [0.1, 0.15) is 0 Å². The lowest BCUT2D eigenvalue weighted by Crippen LogP contribution is -2.49. The minimum absolute atomic E-state index is 0.0601. The monoisotopic (exact) mass is 380 g/mol. The molecule has 1 unspecified atom stereocenters. The predicted octanol–water partition coefficient (Wildman–Crippen LogP) is 3.47. The van der Waals surface area contributed by atoms with Crippen molar-refractivity contribution in [1.82, 2.24) is 20.0 Å². The van der Waals surface area contributed by atoms with Crippen LogP contribution in [-0.4, -0.2) is 52.1 Å². The molecule has 28 heavy (non-hydrogen) atoms. The number of piperidine rings is 1. The molecule has 3 atom stereocenters. The average molecular weight is 380 g/mol. The van der Waals surface area contributed by atoms with Gasteiger partial charge in [-0.3, -0.25) is 0 Å². The zero-order valence-electron chi connectivity index (χ0n) is 16.2. The number of benzene rings is 1. The van der Waals surface area contributed by atoms with Crippen LogP contribution in [0.1, 0.15) is 50.0 Å². The first-order chi connectivity index (χ1) is 13.8. The van der Waals surface area contributed by atoms with E-state index in [9.17, 15) is 4.79 Å². The largest absolute Gasteiger partial charge is 0.373 e. The number of carbonyl (C=O) groups is 1. The zero-order valence-corrected chi connectivity index (χ0v) is 16.2. The number of hydrogen-bond acceptors (Lipinski definition) is 3. The molecule has 5 rings (SSSR count). The summed E-state index contributed by atoms with van der Waals surface area (Å²) in [6.07, 6.45) is 11.4. The van der Waals surface area contributed by atoms with Gasteiger partial charge < -0.3 is 15.0 Å². The number of para-hydroxylation sites is 1. The fourth-order valence-corrected chi connectivity index (χ4v) is 4.24. The third-order valence-corrected chi connectivity index (χ3v) is 6.25. The van der Waals surface area contributed by atoms with Crippen LogP contribution in [-0.2, 0) is 4.74 Å². The quantitative estimate of drug-likeness (QED) is 0.864. The normalized spacial score (nSPS) is 27.3. The average Bonchev–Trinajstić information content (AvgIpc) is 3.28. The van der Waals surface area contributed by atoms with Crippen molar-refractivity contribution in [3.63, 3.8) is 0 Å². The highest BCUT2D eigenvalue weighted by Crippen LogP contribution is 2.41. The van der Waals surface area contributed by atoms with Gasteiger partial charge in [0, 0.05) is 31.2 Å². The molecule has 1 aromatic carbocycles. The Labute approximate surface area is 165 Å². The molecule has 1 N–H and O–H groups in total. The fourth-order valence-electron chi connectivity index (χ4n) is 4.24. The van der Waals surface area contributed by atoms with Crippen LogP contribution >= 0.6 is 0 Å².